The number of carbonyl (C=O) groups is 1. The highest BCUT2D eigenvalue weighted by atomic mass is 16.3. The van der Waals surface area contributed by atoms with E-state index in [9.17, 15) is 9.90 Å². The van der Waals surface area contributed by atoms with Gasteiger partial charge in [-0.15, -0.1) is 0 Å². The summed E-state index contributed by atoms with van der Waals surface area (Å²) >= 11 is 0. The Labute approximate surface area is 115 Å². The van der Waals surface area contributed by atoms with E-state index in [1.54, 1.807) is 6.20 Å². The van der Waals surface area contributed by atoms with Crippen LogP contribution in [-0.4, -0.2) is 33.4 Å². The molecule has 1 heterocycles. The summed E-state index contributed by atoms with van der Waals surface area (Å²) in [6, 6.07) is 0.0279. The minimum atomic E-state index is -0.200. The van der Waals surface area contributed by atoms with Gasteiger partial charge in [-0.3, -0.25) is 9.48 Å². The largest absolute Gasteiger partial charge is 0.394 e. The minimum Gasteiger partial charge on any atom is -0.394 e. The molecule has 5 heteroatoms. The van der Waals surface area contributed by atoms with Crippen LogP contribution in [0.4, 0.5) is 0 Å². The van der Waals surface area contributed by atoms with Crippen molar-refractivity contribution in [1.29, 1.82) is 0 Å². The lowest BCUT2D eigenvalue weighted by atomic mass is 10.0. The molecule has 1 atom stereocenters. The molecule has 108 valence electrons. The summed E-state index contributed by atoms with van der Waals surface area (Å²) in [5.41, 5.74) is 1.43. The van der Waals surface area contributed by atoms with E-state index in [-0.39, 0.29) is 24.6 Å². The molecule has 1 unspecified atom stereocenters. The fourth-order valence-electron chi connectivity index (χ4n) is 2.18. The van der Waals surface area contributed by atoms with E-state index in [0.717, 1.165) is 12.1 Å². The molecule has 0 aliphatic carbocycles. The number of aliphatic hydroxyl groups is 1. The van der Waals surface area contributed by atoms with Crippen LogP contribution in [0.1, 0.15) is 56.2 Å². The topological polar surface area (TPSA) is 67.2 Å². The van der Waals surface area contributed by atoms with Gasteiger partial charge in [0.25, 0.3) is 5.91 Å². The van der Waals surface area contributed by atoms with E-state index in [2.05, 4.69) is 24.3 Å². The van der Waals surface area contributed by atoms with Crippen LogP contribution in [-0.2, 0) is 0 Å². The van der Waals surface area contributed by atoms with Gasteiger partial charge in [0.1, 0.15) is 0 Å². The lowest BCUT2D eigenvalue weighted by Crippen LogP contribution is -2.38. The highest BCUT2D eigenvalue weighted by Crippen LogP contribution is 2.13. The van der Waals surface area contributed by atoms with Gasteiger partial charge in [-0.25, -0.2) is 0 Å². The van der Waals surface area contributed by atoms with Gasteiger partial charge < -0.3 is 10.4 Å². The summed E-state index contributed by atoms with van der Waals surface area (Å²) < 4.78 is 1.82. The van der Waals surface area contributed by atoms with Crippen LogP contribution in [0.3, 0.4) is 0 Å². The summed E-state index contributed by atoms with van der Waals surface area (Å²) in [4.78, 5) is 12.2. The zero-order chi connectivity index (χ0) is 14.6. The maximum absolute atomic E-state index is 12.2. The second kappa shape index (κ2) is 6.70. The fourth-order valence-corrected chi connectivity index (χ4v) is 2.18. The highest BCUT2D eigenvalue weighted by molar-refractivity contribution is 5.95. The monoisotopic (exact) mass is 267 g/mol. The number of carbonyl (C=O) groups excluding carboxylic acids is 1. The standard InChI is InChI=1S/C14H25N3O2/c1-9(2)6-12(8-18)16-14(19)13-7-15-17(10(3)4)11(13)5/h7,9-10,12,18H,6,8H2,1-5H3,(H,16,19). The predicted molar refractivity (Wildman–Crippen MR) is 75.1 cm³/mol. The number of hydrogen-bond acceptors (Lipinski definition) is 3. The Bertz CT molecular complexity index is 424. The van der Waals surface area contributed by atoms with Crippen molar-refractivity contribution >= 4 is 5.91 Å². The molecule has 0 spiro atoms. The Hall–Kier alpha value is -1.36. The van der Waals surface area contributed by atoms with Crippen LogP contribution in [0.15, 0.2) is 6.20 Å². The quantitative estimate of drug-likeness (QED) is 0.827. The summed E-state index contributed by atoms with van der Waals surface area (Å²) in [6.45, 7) is 10.0. The Morgan fingerprint density at radius 1 is 1.42 bits per heavy atom. The first-order chi connectivity index (χ1) is 8.86. The van der Waals surface area contributed by atoms with Crippen LogP contribution >= 0.6 is 0 Å². The van der Waals surface area contributed by atoms with Crippen LogP contribution in [0, 0.1) is 12.8 Å². The van der Waals surface area contributed by atoms with Crippen LogP contribution in [0.5, 0.6) is 0 Å². The van der Waals surface area contributed by atoms with Crippen molar-refractivity contribution in [2.45, 2.75) is 53.1 Å². The van der Waals surface area contributed by atoms with Crippen molar-refractivity contribution in [1.82, 2.24) is 15.1 Å². The van der Waals surface area contributed by atoms with Gasteiger partial charge in [0, 0.05) is 11.7 Å². The van der Waals surface area contributed by atoms with E-state index >= 15 is 0 Å². The molecule has 19 heavy (non-hydrogen) atoms. The first-order valence-electron chi connectivity index (χ1n) is 6.82. The maximum Gasteiger partial charge on any atom is 0.255 e. The highest BCUT2D eigenvalue weighted by Gasteiger charge is 2.19. The van der Waals surface area contributed by atoms with Crippen LogP contribution < -0.4 is 5.32 Å². The third-order valence-corrected chi connectivity index (χ3v) is 3.09. The minimum absolute atomic E-state index is 0.0404. The van der Waals surface area contributed by atoms with Crippen molar-refractivity contribution in [2.75, 3.05) is 6.61 Å². The molecule has 1 rings (SSSR count). The Morgan fingerprint density at radius 2 is 2.05 bits per heavy atom. The molecule has 2 N–H and O–H groups in total. The number of aliphatic hydroxyl groups excluding tert-OH is 1. The SMILES string of the molecule is Cc1c(C(=O)NC(CO)CC(C)C)cnn1C(C)C. The molecule has 0 fully saturated rings. The van der Waals surface area contributed by atoms with Gasteiger partial charge in [0.15, 0.2) is 0 Å². The van der Waals surface area contributed by atoms with Gasteiger partial charge in [0.05, 0.1) is 24.4 Å². The van der Waals surface area contributed by atoms with Crippen molar-refractivity contribution in [2.24, 2.45) is 5.92 Å². The predicted octanol–water partition coefficient (Wildman–Crippen LogP) is 1.91. The molecule has 1 aromatic heterocycles. The molecule has 0 aliphatic heterocycles. The van der Waals surface area contributed by atoms with Crippen molar-refractivity contribution in [3.05, 3.63) is 17.5 Å². The molecule has 0 aromatic carbocycles. The summed E-state index contributed by atoms with van der Waals surface area (Å²) in [5, 5.41) is 16.4. The molecule has 1 aromatic rings. The van der Waals surface area contributed by atoms with Crippen LogP contribution in [0.2, 0.25) is 0 Å². The van der Waals surface area contributed by atoms with Gasteiger partial charge >= 0.3 is 0 Å². The van der Waals surface area contributed by atoms with E-state index in [0.29, 0.717) is 11.5 Å². The first kappa shape index (κ1) is 15.7. The van der Waals surface area contributed by atoms with Gasteiger partial charge in [-0.1, -0.05) is 13.8 Å². The average molecular weight is 267 g/mol. The lowest BCUT2D eigenvalue weighted by Gasteiger charge is -2.18. The molecule has 0 aliphatic rings. The number of nitrogens with one attached hydrogen (secondary N) is 1. The molecule has 1 amide bonds. The Balaban J connectivity index is 2.77. The first-order valence-corrected chi connectivity index (χ1v) is 6.82. The van der Waals surface area contributed by atoms with Gasteiger partial charge in [-0.05, 0) is 33.1 Å². The molecule has 5 nitrogen and oxygen atoms in total. The fraction of sp³-hybridized carbons (Fsp3) is 0.714. The number of amides is 1. The normalized spacial score (nSPS) is 13.1. The lowest BCUT2D eigenvalue weighted by molar-refractivity contribution is 0.0907. The molecule has 0 bridgehead atoms. The maximum atomic E-state index is 12.2. The van der Waals surface area contributed by atoms with E-state index in [1.165, 1.54) is 0 Å². The third kappa shape index (κ3) is 4.06. The van der Waals surface area contributed by atoms with Gasteiger partial charge in [0.2, 0.25) is 0 Å². The van der Waals surface area contributed by atoms with Crippen molar-refractivity contribution < 1.29 is 9.90 Å². The van der Waals surface area contributed by atoms with Crippen molar-refractivity contribution in [3.8, 4) is 0 Å². The Morgan fingerprint density at radius 3 is 2.47 bits per heavy atom. The van der Waals surface area contributed by atoms with E-state index in [4.69, 9.17) is 0 Å². The number of nitrogens with zero attached hydrogens (tertiary/aromatic N) is 2. The summed E-state index contributed by atoms with van der Waals surface area (Å²) in [7, 11) is 0. The average Bonchev–Trinajstić information content (AvgIpc) is 2.69. The second-order valence-corrected chi connectivity index (χ2v) is 5.66. The second-order valence-electron chi connectivity index (χ2n) is 5.66. The Kier molecular flexibility index (Phi) is 5.54. The number of hydrogen-bond donors (Lipinski definition) is 2. The molecule has 0 radical (unpaired) electrons. The zero-order valence-corrected chi connectivity index (χ0v) is 12.5. The smallest absolute Gasteiger partial charge is 0.255 e. The molecular formula is C14H25N3O2. The summed E-state index contributed by atoms with van der Waals surface area (Å²) in [6.07, 6.45) is 2.36. The third-order valence-electron chi connectivity index (χ3n) is 3.09. The number of aromatic nitrogens is 2. The molecular weight excluding hydrogens is 242 g/mol. The molecule has 0 saturated heterocycles. The summed E-state index contributed by atoms with van der Waals surface area (Å²) in [5.74, 6) is 0.265. The number of rotatable bonds is 6. The van der Waals surface area contributed by atoms with Crippen LogP contribution in [0.25, 0.3) is 0 Å². The zero-order valence-electron chi connectivity index (χ0n) is 12.5. The van der Waals surface area contributed by atoms with Gasteiger partial charge in [-0.2, -0.15) is 5.10 Å². The van der Waals surface area contributed by atoms with Crippen molar-refractivity contribution in [3.63, 3.8) is 0 Å². The molecule has 0 saturated carbocycles. The van der Waals surface area contributed by atoms with E-state index in [1.807, 2.05) is 25.5 Å². The van der Waals surface area contributed by atoms with E-state index < -0.39 is 0 Å².